The van der Waals surface area contributed by atoms with Crippen LogP contribution in [0.25, 0.3) is 16.9 Å². The van der Waals surface area contributed by atoms with Gasteiger partial charge in [0.1, 0.15) is 5.69 Å². The van der Waals surface area contributed by atoms with Crippen LogP contribution in [0.3, 0.4) is 0 Å². The molecule has 2 aromatic heterocycles. The van der Waals surface area contributed by atoms with E-state index in [-0.39, 0.29) is 0 Å². The lowest BCUT2D eigenvalue weighted by atomic mass is 10.1. The Kier molecular flexibility index (Phi) is 4.19. The van der Waals surface area contributed by atoms with Crippen LogP contribution in [-0.2, 0) is 9.47 Å². The second-order valence-corrected chi connectivity index (χ2v) is 5.52. The van der Waals surface area contributed by atoms with Crippen LogP contribution < -0.4 is 5.73 Å². The number of hydrogen-bond donors (Lipinski definition) is 1. The standard InChI is InChI=1S/C15H16N4O2S/c1-20-15(21-2)13-11(8-9-22-13)19-14(16)12(17-18-19)10-6-4-3-5-7-10/h3-9,15H,16H2,1-2H3. The number of nitrogens with two attached hydrogens (primary N) is 1. The van der Waals surface area contributed by atoms with Crippen molar-refractivity contribution in [2.75, 3.05) is 20.0 Å². The van der Waals surface area contributed by atoms with Gasteiger partial charge in [0.15, 0.2) is 12.1 Å². The molecule has 7 heteroatoms. The fourth-order valence-electron chi connectivity index (χ4n) is 2.24. The highest BCUT2D eigenvalue weighted by atomic mass is 32.1. The molecular formula is C15H16N4O2S. The van der Waals surface area contributed by atoms with Gasteiger partial charge in [0, 0.05) is 19.8 Å². The minimum absolute atomic E-state index is 0.459. The number of methoxy groups -OCH3 is 2. The van der Waals surface area contributed by atoms with Gasteiger partial charge in [-0.3, -0.25) is 0 Å². The quantitative estimate of drug-likeness (QED) is 0.733. The summed E-state index contributed by atoms with van der Waals surface area (Å²) in [5.74, 6) is 0.483. The molecule has 0 aliphatic heterocycles. The van der Waals surface area contributed by atoms with Gasteiger partial charge in [0.2, 0.25) is 0 Å². The third-order valence-corrected chi connectivity index (χ3v) is 4.22. The number of benzene rings is 1. The molecule has 114 valence electrons. The lowest BCUT2D eigenvalue weighted by Crippen LogP contribution is -2.08. The zero-order valence-corrected chi connectivity index (χ0v) is 13.1. The summed E-state index contributed by atoms with van der Waals surface area (Å²) in [6.07, 6.45) is -0.459. The largest absolute Gasteiger partial charge is 0.382 e. The molecule has 0 saturated carbocycles. The van der Waals surface area contributed by atoms with Crippen LogP contribution in [0.1, 0.15) is 11.2 Å². The number of nitrogens with zero attached hydrogens (tertiary/aromatic N) is 3. The van der Waals surface area contributed by atoms with E-state index in [1.165, 1.54) is 11.3 Å². The summed E-state index contributed by atoms with van der Waals surface area (Å²) < 4.78 is 12.3. The predicted molar refractivity (Wildman–Crippen MR) is 85.8 cm³/mol. The Hall–Kier alpha value is -2.22. The SMILES string of the molecule is COC(OC)c1sccc1-n1nnc(-c2ccccc2)c1N. The molecule has 0 radical (unpaired) electrons. The maximum Gasteiger partial charge on any atom is 0.194 e. The van der Waals surface area contributed by atoms with Crippen molar-refractivity contribution in [2.45, 2.75) is 6.29 Å². The molecule has 3 rings (SSSR count). The summed E-state index contributed by atoms with van der Waals surface area (Å²) >= 11 is 1.52. The van der Waals surface area contributed by atoms with Crippen molar-refractivity contribution in [3.05, 3.63) is 46.7 Å². The van der Waals surface area contributed by atoms with Gasteiger partial charge in [-0.05, 0) is 11.4 Å². The highest BCUT2D eigenvalue weighted by Gasteiger charge is 2.21. The Bertz CT molecular complexity index is 750. The predicted octanol–water partition coefficient (Wildman–Crippen LogP) is 2.87. The molecule has 0 aliphatic carbocycles. The fraction of sp³-hybridized carbons (Fsp3) is 0.200. The van der Waals surface area contributed by atoms with Crippen molar-refractivity contribution in [2.24, 2.45) is 0 Å². The minimum Gasteiger partial charge on any atom is -0.382 e. The van der Waals surface area contributed by atoms with Crippen molar-refractivity contribution in [3.8, 4) is 16.9 Å². The zero-order chi connectivity index (χ0) is 15.5. The van der Waals surface area contributed by atoms with Gasteiger partial charge in [-0.25, -0.2) is 0 Å². The summed E-state index contributed by atoms with van der Waals surface area (Å²) in [5.41, 5.74) is 8.64. The first-order chi connectivity index (χ1) is 10.8. The summed E-state index contributed by atoms with van der Waals surface area (Å²) in [6.45, 7) is 0. The van der Waals surface area contributed by atoms with Crippen LogP contribution in [0.2, 0.25) is 0 Å². The number of nitrogen functional groups attached to an aromatic ring is 1. The second-order valence-electron chi connectivity index (χ2n) is 4.57. The summed E-state index contributed by atoms with van der Waals surface area (Å²) in [6, 6.07) is 11.7. The molecule has 6 nitrogen and oxygen atoms in total. The number of thiophene rings is 1. The van der Waals surface area contributed by atoms with Gasteiger partial charge in [-0.2, -0.15) is 4.68 Å². The van der Waals surface area contributed by atoms with Crippen molar-refractivity contribution in [1.82, 2.24) is 15.0 Å². The molecule has 22 heavy (non-hydrogen) atoms. The maximum absolute atomic E-state index is 6.24. The molecule has 2 N–H and O–H groups in total. The van der Waals surface area contributed by atoms with Gasteiger partial charge < -0.3 is 15.2 Å². The molecule has 0 amide bonds. The Labute approximate surface area is 132 Å². The van der Waals surface area contributed by atoms with Gasteiger partial charge in [0.05, 0.1) is 10.6 Å². The van der Waals surface area contributed by atoms with Gasteiger partial charge in [-0.15, -0.1) is 16.4 Å². The van der Waals surface area contributed by atoms with E-state index in [9.17, 15) is 0 Å². The van der Waals surface area contributed by atoms with E-state index in [1.54, 1.807) is 18.9 Å². The number of ether oxygens (including phenoxy) is 2. The smallest absolute Gasteiger partial charge is 0.194 e. The van der Waals surface area contributed by atoms with Gasteiger partial charge in [0.25, 0.3) is 0 Å². The van der Waals surface area contributed by atoms with Crippen molar-refractivity contribution >= 4 is 17.2 Å². The molecule has 0 saturated heterocycles. The van der Waals surface area contributed by atoms with E-state index in [4.69, 9.17) is 15.2 Å². The lowest BCUT2D eigenvalue weighted by molar-refractivity contribution is -0.103. The molecule has 2 heterocycles. The average molecular weight is 316 g/mol. The minimum atomic E-state index is -0.459. The highest BCUT2D eigenvalue weighted by molar-refractivity contribution is 7.10. The zero-order valence-electron chi connectivity index (χ0n) is 12.3. The monoisotopic (exact) mass is 316 g/mol. The van der Waals surface area contributed by atoms with E-state index in [2.05, 4.69) is 10.3 Å². The van der Waals surface area contributed by atoms with Crippen molar-refractivity contribution in [1.29, 1.82) is 0 Å². The van der Waals surface area contributed by atoms with Crippen LogP contribution in [0, 0.1) is 0 Å². The Balaban J connectivity index is 2.05. The van der Waals surface area contributed by atoms with Crippen LogP contribution >= 0.6 is 11.3 Å². The molecule has 0 atom stereocenters. The van der Waals surface area contributed by atoms with E-state index in [1.807, 2.05) is 41.8 Å². The van der Waals surface area contributed by atoms with Crippen LogP contribution in [0.15, 0.2) is 41.8 Å². The molecule has 3 aromatic rings. The Morgan fingerprint density at radius 3 is 2.55 bits per heavy atom. The molecule has 1 aromatic carbocycles. The molecule has 0 bridgehead atoms. The Morgan fingerprint density at radius 1 is 1.14 bits per heavy atom. The number of anilines is 1. The lowest BCUT2D eigenvalue weighted by Gasteiger charge is -2.14. The summed E-state index contributed by atoms with van der Waals surface area (Å²) in [5, 5.41) is 10.3. The van der Waals surface area contributed by atoms with Crippen LogP contribution in [0.4, 0.5) is 5.82 Å². The molecule has 0 spiro atoms. The summed E-state index contributed by atoms with van der Waals surface area (Å²) in [7, 11) is 3.19. The first-order valence-electron chi connectivity index (χ1n) is 6.66. The maximum atomic E-state index is 6.24. The van der Waals surface area contributed by atoms with E-state index >= 15 is 0 Å². The van der Waals surface area contributed by atoms with E-state index in [0.29, 0.717) is 11.5 Å². The average Bonchev–Trinajstić information content (AvgIpc) is 3.16. The van der Waals surface area contributed by atoms with Gasteiger partial charge >= 0.3 is 0 Å². The molecule has 0 fully saturated rings. The van der Waals surface area contributed by atoms with E-state index < -0.39 is 6.29 Å². The second kappa shape index (κ2) is 6.27. The third kappa shape index (κ3) is 2.50. The highest BCUT2D eigenvalue weighted by Crippen LogP contribution is 2.33. The normalized spacial score (nSPS) is 11.2. The van der Waals surface area contributed by atoms with Gasteiger partial charge in [-0.1, -0.05) is 35.5 Å². The third-order valence-electron chi connectivity index (χ3n) is 3.30. The van der Waals surface area contributed by atoms with E-state index in [0.717, 1.165) is 16.1 Å². The fourth-order valence-corrected chi connectivity index (χ4v) is 3.17. The topological polar surface area (TPSA) is 75.2 Å². The molecule has 0 aliphatic rings. The van der Waals surface area contributed by atoms with Crippen LogP contribution in [0.5, 0.6) is 0 Å². The number of rotatable bonds is 5. The molecular weight excluding hydrogens is 300 g/mol. The van der Waals surface area contributed by atoms with Crippen molar-refractivity contribution < 1.29 is 9.47 Å². The molecule has 0 unspecified atom stereocenters. The first kappa shape index (κ1) is 14.7. The van der Waals surface area contributed by atoms with Crippen molar-refractivity contribution in [3.63, 3.8) is 0 Å². The number of hydrogen-bond acceptors (Lipinski definition) is 6. The summed E-state index contributed by atoms with van der Waals surface area (Å²) in [4.78, 5) is 0.890. The Morgan fingerprint density at radius 2 is 1.86 bits per heavy atom. The number of aromatic nitrogens is 3. The first-order valence-corrected chi connectivity index (χ1v) is 7.54. The van der Waals surface area contributed by atoms with Crippen LogP contribution in [-0.4, -0.2) is 29.2 Å².